The molecule has 0 aliphatic carbocycles. The van der Waals surface area contributed by atoms with Crippen molar-refractivity contribution in [3.05, 3.63) is 114 Å². The zero-order chi connectivity index (χ0) is 21.8. The lowest BCUT2D eigenvalue weighted by molar-refractivity contribution is 0.0949. The smallest absolute Gasteiger partial charge is 0.269 e. The lowest BCUT2D eigenvalue weighted by atomic mass is 10.1. The molecule has 5 heteroatoms. The van der Waals surface area contributed by atoms with E-state index in [0.717, 1.165) is 24.2 Å². The number of rotatable bonds is 7. The monoisotopic (exact) mass is 420 g/mol. The molecular formula is C27H24N4O. The third-order valence-corrected chi connectivity index (χ3v) is 5.64. The van der Waals surface area contributed by atoms with Gasteiger partial charge in [0.1, 0.15) is 5.69 Å². The normalized spacial score (nSPS) is 11.0. The summed E-state index contributed by atoms with van der Waals surface area (Å²) in [6, 6.07) is 30.5. The van der Waals surface area contributed by atoms with Gasteiger partial charge >= 0.3 is 0 Å². The van der Waals surface area contributed by atoms with Gasteiger partial charge in [-0.25, -0.2) is 0 Å². The van der Waals surface area contributed by atoms with Gasteiger partial charge in [0.15, 0.2) is 0 Å². The number of amides is 1. The number of nitrogens with one attached hydrogen (secondary N) is 2. The summed E-state index contributed by atoms with van der Waals surface area (Å²) >= 11 is 0. The molecule has 5 rings (SSSR count). The van der Waals surface area contributed by atoms with Crippen LogP contribution in [0.1, 0.15) is 21.6 Å². The maximum atomic E-state index is 12.6. The van der Waals surface area contributed by atoms with Crippen LogP contribution >= 0.6 is 0 Å². The molecule has 0 saturated heterocycles. The molecule has 5 aromatic rings. The molecule has 5 nitrogen and oxygen atoms in total. The Balaban J connectivity index is 1.27. The summed E-state index contributed by atoms with van der Waals surface area (Å²) in [6.07, 6.45) is 2.96. The van der Waals surface area contributed by atoms with Crippen LogP contribution in [0.25, 0.3) is 22.2 Å². The van der Waals surface area contributed by atoms with Gasteiger partial charge in [-0.2, -0.15) is 5.10 Å². The third-order valence-electron chi connectivity index (χ3n) is 5.64. The average molecular weight is 421 g/mol. The molecule has 2 heterocycles. The van der Waals surface area contributed by atoms with Gasteiger partial charge in [0.2, 0.25) is 0 Å². The fourth-order valence-corrected chi connectivity index (χ4v) is 4.03. The minimum atomic E-state index is -0.146. The van der Waals surface area contributed by atoms with Crippen LogP contribution in [0.2, 0.25) is 0 Å². The second-order valence-electron chi connectivity index (χ2n) is 7.82. The van der Waals surface area contributed by atoms with Gasteiger partial charge in [0.05, 0.1) is 5.69 Å². The van der Waals surface area contributed by atoms with E-state index in [1.807, 2.05) is 36.4 Å². The maximum Gasteiger partial charge on any atom is 0.269 e. The number of aromatic nitrogens is 3. The van der Waals surface area contributed by atoms with Gasteiger partial charge in [-0.1, -0.05) is 78.9 Å². The Bertz CT molecular complexity index is 1340. The molecule has 0 unspecified atom stereocenters. The zero-order valence-corrected chi connectivity index (χ0v) is 17.7. The number of fused-ring (bicyclic) bond motifs is 1. The van der Waals surface area contributed by atoms with Crippen LogP contribution in [0.5, 0.6) is 0 Å². The van der Waals surface area contributed by atoms with Gasteiger partial charge < -0.3 is 9.88 Å². The highest BCUT2D eigenvalue weighted by Crippen LogP contribution is 2.23. The second-order valence-corrected chi connectivity index (χ2v) is 7.82. The van der Waals surface area contributed by atoms with Crippen LogP contribution in [0.15, 0.2) is 97.2 Å². The van der Waals surface area contributed by atoms with Crippen molar-refractivity contribution in [1.29, 1.82) is 0 Å². The largest absolute Gasteiger partial charge is 0.350 e. The Hall–Kier alpha value is -4.12. The van der Waals surface area contributed by atoms with Crippen molar-refractivity contribution < 1.29 is 4.79 Å². The number of hydrogen-bond donors (Lipinski definition) is 2. The van der Waals surface area contributed by atoms with E-state index in [-0.39, 0.29) is 5.91 Å². The molecule has 0 radical (unpaired) electrons. The molecule has 0 aliphatic heterocycles. The Morgan fingerprint density at radius 1 is 0.906 bits per heavy atom. The minimum absolute atomic E-state index is 0.146. The summed E-state index contributed by atoms with van der Waals surface area (Å²) < 4.78 is 2.28. The average Bonchev–Trinajstić information content (AvgIpc) is 3.47. The van der Waals surface area contributed by atoms with Crippen LogP contribution in [-0.2, 0) is 13.0 Å². The van der Waals surface area contributed by atoms with Crippen LogP contribution in [0, 0.1) is 0 Å². The predicted octanol–water partition coefficient (Wildman–Crippen LogP) is 5.05. The summed E-state index contributed by atoms with van der Waals surface area (Å²) in [5.74, 6) is -0.146. The molecular weight excluding hydrogens is 396 g/mol. The van der Waals surface area contributed by atoms with Crippen LogP contribution in [0.3, 0.4) is 0 Å². The van der Waals surface area contributed by atoms with E-state index in [0.29, 0.717) is 12.2 Å². The number of aromatic amines is 1. The van der Waals surface area contributed by atoms with Crippen molar-refractivity contribution in [2.24, 2.45) is 0 Å². The molecule has 0 aliphatic rings. The summed E-state index contributed by atoms with van der Waals surface area (Å²) in [5, 5.41) is 11.4. The van der Waals surface area contributed by atoms with Crippen molar-refractivity contribution in [2.45, 2.75) is 13.0 Å². The molecule has 2 N–H and O–H groups in total. The Kier molecular flexibility index (Phi) is 5.54. The van der Waals surface area contributed by atoms with Crippen LogP contribution in [-0.4, -0.2) is 27.2 Å². The summed E-state index contributed by atoms with van der Waals surface area (Å²) in [4.78, 5) is 12.6. The van der Waals surface area contributed by atoms with Crippen molar-refractivity contribution in [2.75, 3.05) is 6.54 Å². The zero-order valence-electron chi connectivity index (χ0n) is 17.7. The number of carbonyl (C=O) groups excluding carboxylic acids is 1. The molecule has 0 saturated carbocycles. The highest BCUT2D eigenvalue weighted by Gasteiger charge is 2.12. The van der Waals surface area contributed by atoms with E-state index < -0.39 is 0 Å². The van der Waals surface area contributed by atoms with E-state index >= 15 is 0 Å². The van der Waals surface area contributed by atoms with E-state index in [1.165, 1.54) is 22.0 Å². The number of benzene rings is 3. The van der Waals surface area contributed by atoms with Crippen LogP contribution in [0.4, 0.5) is 0 Å². The highest BCUT2D eigenvalue weighted by molar-refractivity contribution is 5.93. The fourth-order valence-electron chi connectivity index (χ4n) is 4.03. The van der Waals surface area contributed by atoms with Crippen molar-refractivity contribution in [3.8, 4) is 11.3 Å². The van der Waals surface area contributed by atoms with Crippen LogP contribution < -0.4 is 5.32 Å². The molecule has 0 bridgehead atoms. The van der Waals surface area contributed by atoms with E-state index in [9.17, 15) is 4.79 Å². The number of hydrogen-bond acceptors (Lipinski definition) is 2. The van der Waals surface area contributed by atoms with E-state index in [4.69, 9.17) is 0 Å². The van der Waals surface area contributed by atoms with Gasteiger partial charge in [-0.15, -0.1) is 0 Å². The first kappa shape index (κ1) is 19.8. The van der Waals surface area contributed by atoms with Gasteiger partial charge in [0.25, 0.3) is 5.91 Å². The molecule has 158 valence electrons. The highest BCUT2D eigenvalue weighted by atomic mass is 16.1. The lowest BCUT2D eigenvalue weighted by Crippen LogP contribution is -2.26. The number of nitrogens with zero attached hydrogens (tertiary/aromatic N) is 2. The summed E-state index contributed by atoms with van der Waals surface area (Å²) in [6.45, 7) is 1.38. The Morgan fingerprint density at radius 3 is 2.44 bits per heavy atom. The molecule has 2 aromatic heterocycles. The molecule has 0 spiro atoms. The van der Waals surface area contributed by atoms with Crippen molar-refractivity contribution in [1.82, 2.24) is 20.1 Å². The topological polar surface area (TPSA) is 62.7 Å². The van der Waals surface area contributed by atoms with E-state index in [2.05, 4.69) is 74.8 Å². The van der Waals surface area contributed by atoms with Gasteiger partial charge in [0, 0.05) is 35.8 Å². The minimum Gasteiger partial charge on any atom is -0.350 e. The van der Waals surface area contributed by atoms with Gasteiger partial charge in [-0.05, 0) is 29.7 Å². The Labute approximate surface area is 186 Å². The fraction of sp³-hybridized carbons (Fsp3) is 0.111. The number of para-hydroxylation sites is 1. The lowest BCUT2D eigenvalue weighted by Gasteiger charge is -2.05. The quantitative estimate of drug-likeness (QED) is 0.387. The van der Waals surface area contributed by atoms with E-state index in [1.54, 1.807) is 6.07 Å². The SMILES string of the molecule is O=C(NCCc1cn(Cc2ccccc2)c2ccccc12)c1cc(-c2ccccc2)n[nH]1. The van der Waals surface area contributed by atoms with Gasteiger partial charge in [-0.3, -0.25) is 9.89 Å². The third kappa shape index (κ3) is 4.18. The summed E-state index contributed by atoms with van der Waals surface area (Å²) in [7, 11) is 0. The number of carbonyl (C=O) groups is 1. The molecule has 0 atom stereocenters. The first-order valence-corrected chi connectivity index (χ1v) is 10.8. The molecule has 1 amide bonds. The maximum absolute atomic E-state index is 12.6. The Morgan fingerprint density at radius 2 is 1.62 bits per heavy atom. The standard InChI is InChI=1S/C27H24N4O/c32-27(25-17-24(29-30-25)21-11-5-2-6-12-21)28-16-15-22-19-31(18-20-9-3-1-4-10-20)26-14-8-7-13-23(22)26/h1-14,17,19H,15-16,18H2,(H,28,32)(H,29,30). The molecule has 32 heavy (non-hydrogen) atoms. The second kappa shape index (κ2) is 8.94. The molecule has 3 aromatic carbocycles. The first-order chi connectivity index (χ1) is 15.8. The summed E-state index contributed by atoms with van der Waals surface area (Å²) in [5.41, 5.74) is 5.91. The van der Waals surface area contributed by atoms with Crippen molar-refractivity contribution in [3.63, 3.8) is 0 Å². The number of H-pyrrole nitrogens is 1. The molecule has 0 fully saturated rings. The van der Waals surface area contributed by atoms with Crippen molar-refractivity contribution >= 4 is 16.8 Å². The first-order valence-electron chi connectivity index (χ1n) is 10.8. The predicted molar refractivity (Wildman–Crippen MR) is 128 cm³/mol.